The van der Waals surface area contributed by atoms with Gasteiger partial charge in [-0.2, -0.15) is 0 Å². The smallest absolute Gasteiger partial charge is 0.333 e. The van der Waals surface area contributed by atoms with Crippen LogP contribution in [-0.4, -0.2) is 33.7 Å². The summed E-state index contributed by atoms with van der Waals surface area (Å²) in [6.45, 7) is 1.63. The average molecular weight is 207 g/mol. The van der Waals surface area contributed by atoms with E-state index in [1.165, 1.54) is 11.1 Å². The third-order valence-electron chi connectivity index (χ3n) is 2.62. The lowest BCUT2D eigenvalue weighted by molar-refractivity contribution is -0.147. The van der Waals surface area contributed by atoms with E-state index >= 15 is 0 Å². The number of fused-ring (bicyclic) bond motifs is 1. The van der Waals surface area contributed by atoms with E-state index in [9.17, 15) is 9.90 Å². The van der Waals surface area contributed by atoms with Crippen molar-refractivity contribution in [2.45, 2.75) is 19.2 Å². The lowest BCUT2D eigenvalue weighted by atomic mass is 10.1. The molecule has 0 spiro atoms. The number of hydrogen-bond acceptors (Lipinski definition) is 3. The van der Waals surface area contributed by atoms with Crippen LogP contribution in [0.5, 0.6) is 0 Å². The van der Waals surface area contributed by atoms with Crippen molar-refractivity contribution in [2.24, 2.45) is 0 Å². The van der Waals surface area contributed by atoms with E-state index in [-0.39, 0.29) is 6.54 Å². The Balaban J connectivity index is 1.99. The Hall–Kier alpha value is -1.39. The molecule has 2 N–H and O–H groups in total. The first-order valence-electron chi connectivity index (χ1n) is 4.87. The van der Waals surface area contributed by atoms with Gasteiger partial charge in [0.15, 0.2) is 6.10 Å². The summed E-state index contributed by atoms with van der Waals surface area (Å²) in [6, 6.07) is 8.00. The number of carboxylic acids is 1. The molecule has 1 aromatic carbocycles. The molecule has 0 aromatic heterocycles. The predicted molar refractivity (Wildman–Crippen MR) is 54.2 cm³/mol. The largest absolute Gasteiger partial charge is 0.479 e. The Morgan fingerprint density at radius 2 is 1.87 bits per heavy atom. The Morgan fingerprint density at radius 3 is 2.33 bits per heavy atom. The summed E-state index contributed by atoms with van der Waals surface area (Å²) in [5.74, 6) is -1.16. The Labute approximate surface area is 87.8 Å². The van der Waals surface area contributed by atoms with Gasteiger partial charge in [0.2, 0.25) is 0 Å². The maximum Gasteiger partial charge on any atom is 0.333 e. The van der Waals surface area contributed by atoms with Crippen LogP contribution >= 0.6 is 0 Å². The molecule has 1 aromatic rings. The van der Waals surface area contributed by atoms with E-state index in [0.717, 1.165) is 13.1 Å². The van der Waals surface area contributed by atoms with Crippen LogP contribution in [0, 0.1) is 0 Å². The van der Waals surface area contributed by atoms with Crippen LogP contribution in [0.3, 0.4) is 0 Å². The number of aliphatic hydroxyl groups is 1. The minimum absolute atomic E-state index is 0.185. The number of carbonyl (C=O) groups is 1. The molecular weight excluding hydrogens is 194 g/mol. The number of carboxylic acid groups (broad SMARTS) is 1. The molecule has 1 heterocycles. The minimum atomic E-state index is -1.29. The van der Waals surface area contributed by atoms with Gasteiger partial charge in [0.1, 0.15) is 0 Å². The van der Waals surface area contributed by atoms with Crippen molar-refractivity contribution in [2.75, 3.05) is 6.54 Å². The fraction of sp³-hybridized carbons (Fsp3) is 0.364. The molecule has 0 aliphatic carbocycles. The molecule has 80 valence electrons. The van der Waals surface area contributed by atoms with Gasteiger partial charge in [-0.1, -0.05) is 24.3 Å². The quantitative estimate of drug-likeness (QED) is 0.755. The molecule has 0 radical (unpaired) electrons. The highest BCUT2D eigenvalue weighted by Gasteiger charge is 2.23. The monoisotopic (exact) mass is 207 g/mol. The topological polar surface area (TPSA) is 60.8 Å². The number of aliphatic hydroxyl groups excluding tert-OH is 1. The number of β-amino-alcohol motifs (C(OH)–C–C–N with tert-alkyl or cyclic N) is 1. The molecular formula is C11H13NO3. The normalized spacial score (nSPS) is 17.4. The van der Waals surface area contributed by atoms with Crippen molar-refractivity contribution >= 4 is 5.97 Å². The van der Waals surface area contributed by atoms with Crippen LogP contribution in [0.1, 0.15) is 11.1 Å². The number of rotatable bonds is 3. The fourth-order valence-electron chi connectivity index (χ4n) is 1.86. The zero-order valence-corrected chi connectivity index (χ0v) is 8.26. The third kappa shape index (κ3) is 2.16. The van der Waals surface area contributed by atoms with E-state index in [1.807, 2.05) is 29.2 Å². The molecule has 1 unspecified atom stereocenters. The SMILES string of the molecule is O=C(O)C(O)CN1Cc2ccccc2C1. The summed E-state index contributed by atoms with van der Waals surface area (Å²) in [4.78, 5) is 12.4. The Morgan fingerprint density at radius 1 is 1.33 bits per heavy atom. The molecule has 0 bridgehead atoms. The average Bonchev–Trinajstić information content (AvgIpc) is 2.59. The molecule has 0 fully saturated rings. The summed E-state index contributed by atoms with van der Waals surface area (Å²) in [7, 11) is 0. The predicted octanol–water partition coefficient (Wildman–Crippen LogP) is 0.448. The molecule has 15 heavy (non-hydrogen) atoms. The van der Waals surface area contributed by atoms with Gasteiger partial charge in [0.05, 0.1) is 0 Å². The molecule has 2 rings (SSSR count). The number of nitrogens with zero attached hydrogens (tertiary/aromatic N) is 1. The van der Waals surface area contributed by atoms with Crippen molar-refractivity contribution in [3.8, 4) is 0 Å². The second kappa shape index (κ2) is 4.00. The summed E-state index contributed by atoms with van der Waals surface area (Å²) in [6.07, 6.45) is -1.29. The van der Waals surface area contributed by atoms with Crippen LogP contribution in [-0.2, 0) is 17.9 Å². The Kier molecular flexibility index (Phi) is 2.70. The molecule has 1 aliphatic heterocycles. The van der Waals surface area contributed by atoms with Gasteiger partial charge in [-0.25, -0.2) is 4.79 Å². The van der Waals surface area contributed by atoms with E-state index in [0.29, 0.717) is 0 Å². The first-order valence-corrected chi connectivity index (χ1v) is 4.87. The van der Waals surface area contributed by atoms with E-state index in [1.54, 1.807) is 0 Å². The van der Waals surface area contributed by atoms with Crippen molar-refractivity contribution in [3.63, 3.8) is 0 Å². The second-order valence-corrected chi connectivity index (χ2v) is 3.79. The zero-order valence-electron chi connectivity index (χ0n) is 8.26. The highest BCUT2D eigenvalue weighted by Crippen LogP contribution is 2.21. The molecule has 1 aliphatic rings. The maximum atomic E-state index is 10.5. The van der Waals surface area contributed by atoms with Gasteiger partial charge in [-0.15, -0.1) is 0 Å². The van der Waals surface area contributed by atoms with Crippen molar-refractivity contribution in [1.29, 1.82) is 0 Å². The zero-order chi connectivity index (χ0) is 10.8. The molecule has 4 heteroatoms. The number of benzene rings is 1. The number of aliphatic carboxylic acids is 1. The molecule has 0 saturated heterocycles. The van der Waals surface area contributed by atoms with E-state index < -0.39 is 12.1 Å². The number of hydrogen-bond donors (Lipinski definition) is 2. The van der Waals surface area contributed by atoms with Gasteiger partial charge in [-0.05, 0) is 11.1 Å². The standard InChI is InChI=1S/C11H13NO3/c13-10(11(14)15)7-12-5-8-3-1-2-4-9(8)6-12/h1-4,10,13H,5-7H2,(H,14,15). The summed E-state index contributed by atoms with van der Waals surface area (Å²) in [5.41, 5.74) is 2.44. The lowest BCUT2D eigenvalue weighted by Crippen LogP contribution is -2.33. The van der Waals surface area contributed by atoms with Crippen LogP contribution in [0.15, 0.2) is 24.3 Å². The first-order chi connectivity index (χ1) is 7.16. The lowest BCUT2D eigenvalue weighted by Gasteiger charge is -2.16. The van der Waals surface area contributed by atoms with Crippen LogP contribution in [0.25, 0.3) is 0 Å². The highest BCUT2D eigenvalue weighted by atomic mass is 16.4. The molecule has 4 nitrogen and oxygen atoms in total. The van der Waals surface area contributed by atoms with Crippen LogP contribution < -0.4 is 0 Å². The van der Waals surface area contributed by atoms with Gasteiger partial charge in [0, 0.05) is 19.6 Å². The highest BCUT2D eigenvalue weighted by molar-refractivity contribution is 5.72. The summed E-state index contributed by atoms with van der Waals surface area (Å²) < 4.78 is 0. The summed E-state index contributed by atoms with van der Waals surface area (Å²) in [5, 5.41) is 17.8. The van der Waals surface area contributed by atoms with Crippen LogP contribution in [0.4, 0.5) is 0 Å². The molecule has 1 atom stereocenters. The molecule has 0 amide bonds. The van der Waals surface area contributed by atoms with E-state index in [2.05, 4.69) is 0 Å². The van der Waals surface area contributed by atoms with Crippen molar-refractivity contribution < 1.29 is 15.0 Å². The Bertz CT molecular complexity index is 353. The van der Waals surface area contributed by atoms with Gasteiger partial charge >= 0.3 is 5.97 Å². The second-order valence-electron chi connectivity index (χ2n) is 3.79. The maximum absolute atomic E-state index is 10.5. The van der Waals surface area contributed by atoms with Crippen molar-refractivity contribution in [1.82, 2.24) is 4.90 Å². The fourth-order valence-corrected chi connectivity index (χ4v) is 1.86. The van der Waals surface area contributed by atoms with Gasteiger partial charge in [-0.3, -0.25) is 4.90 Å². The van der Waals surface area contributed by atoms with Crippen LogP contribution in [0.2, 0.25) is 0 Å². The third-order valence-corrected chi connectivity index (χ3v) is 2.62. The van der Waals surface area contributed by atoms with E-state index in [4.69, 9.17) is 5.11 Å². The first kappa shape index (κ1) is 10.1. The van der Waals surface area contributed by atoms with Crippen molar-refractivity contribution in [3.05, 3.63) is 35.4 Å². The summed E-state index contributed by atoms with van der Waals surface area (Å²) >= 11 is 0. The van der Waals surface area contributed by atoms with Gasteiger partial charge < -0.3 is 10.2 Å². The van der Waals surface area contributed by atoms with Gasteiger partial charge in [0.25, 0.3) is 0 Å². The molecule has 0 saturated carbocycles. The minimum Gasteiger partial charge on any atom is -0.479 e.